The number of rotatable bonds is 3. The van der Waals surface area contributed by atoms with E-state index in [0.717, 1.165) is 0 Å². The van der Waals surface area contributed by atoms with Gasteiger partial charge < -0.3 is 24.8 Å². The van der Waals surface area contributed by atoms with Crippen molar-refractivity contribution in [3.05, 3.63) is 98.7 Å². The molecule has 0 amide bonds. The molecule has 1 heterocycles. The summed E-state index contributed by atoms with van der Waals surface area (Å²) >= 11 is 1.87. The SMILES string of the molecule is C1=CC2C=C(c3ccc4ccccc4c3)SC2=C1.C[Si](C)[Zr+2][C]1=CC=CC1.[Cl-].[Cl-]. The van der Waals surface area contributed by atoms with Crippen molar-refractivity contribution in [3.63, 3.8) is 0 Å². The maximum atomic E-state index is 2.44. The molecule has 0 saturated heterocycles. The summed E-state index contributed by atoms with van der Waals surface area (Å²) in [6, 6.07) is 15.3. The van der Waals surface area contributed by atoms with Crippen LogP contribution in [0.5, 0.6) is 0 Å². The second kappa shape index (κ2) is 11.7. The summed E-state index contributed by atoms with van der Waals surface area (Å²) in [5.74, 6) is 0.669. The summed E-state index contributed by atoms with van der Waals surface area (Å²) in [7, 11) is 0. The van der Waals surface area contributed by atoms with E-state index in [1.54, 1.807) is 3.28 Å². The zero-order valence-electron chi connectivity index (χ0n) is 16.5. The minimum Gasteiger partial charge on any atom is -1.00 e. The van der Waals surface area contributed by atoms with E-state index >= 15 is 0 Å². The first-order chi connectivity index (χ1) is 13.2. The van der Waals surface area contributed by atoms with Gasteiger partial charge in [0.25, 0.3) is 0 Å². The average Bonchev–Trinajstić information content (AvgIpc) is 3.39. The molecule has 0 fully saturated rings. The van der Waals surface area contributed by atoms with Crippen molar-refractivity contribution in [2.75, 3.05) is 0 Å². The molecule has 1 aliphatic heterocycles. The molecular weight excluding hydrogens is 511 g/mol. The van der Waals surface area contributed by atoms with Crippen LogP contribution in [-0.4, -0.2) is 5.92 Å². The predicted molar refractivity (Wildman–Crippen MR) is 120 cm³/mol. The van der Waals surface area contributed by atoms with E-state index in [1.807, 2.05) is 11.8 Å². The van der Waals surface area contributed by atoms with Crippen LogP contribution in [0.2, 0.25) is 13.1 Å². The number of fused-ring (bicyclic) bond motifs is 2. The summed E-state index contributed by atoms with van der Waals surface area (Å²) in [6.45, 7) is 4.88. The van der Waals surface area contributed by atoms with Gasteiger partial charge in [-0.05, 0) is 22.4 Å². The fraction of sp³-hybridized carbons (Fsp3) is 0.167. The van der Waals surface area contributed by atoms with Crippen molar-refractivity contribution in [2.45, 2.75) is 19.5 Å². The first kappa shape index (κ1) is 24.7. The number of thioether (sulfide) groups is 1. The molecule has 0 nitrogen and oxygen atoms in total. The first-order valence-electron chi connectivity index (χ1n) is 9.39. The number of hydrogen-bond acceptors (Lipinski definition) is 1. The van der Waals surface area contributed by atoms with Gasteiger partial charge in [-0.15, -0.1) is 0 Å². The summed E-state index contributed by atoms with van der Waals surface area (Å²) in [5.41, 5.74) is 1.34. The molecule has 0 N–H and O–H groups in total. The monoisotopic (exact) mass is 531 g/mol. The third kappa shape index (κ3) is 6.45. The van der Waals surface area contributed by atoms with Gasteiger partial charge in [-0.2, -0.15) is 0 Å². The summed E-state index contributed by atoms with van der Waals surface area (Å²) in [6.07, 6.45) is 17.1. The second-order valence-corrected chi connectivity index (χ2v) is 21.3. The number of halogens is 2. The fourth-order valence-electron chi connectivity index (χ4n) is 3.40. The van der Waals surface area contributed by atoms with E-state index in [0.29, 0.717) is 5.92 Å². The minimum absolute atomic E-state index is 0. The largest absolute Gasteiger partial charge is 1.00 e. The Morgan fingerprint density at radius 2 is 1.76 bits per heavy atom. The smallest absolute Gasteiger partial charge is 1.00 e. The molecule has 29 heavy (non-hydrogen) atoms. The summed E-state index contributed by atoms with van der Waals surface area (Å²) in [5, 5.41) is 2.63. The van der Waals surface area contributed by atoms with E-state index < -0.39 is 0 Å². The van der Waals surface area contributed by atoms with Gasteiger partial charge >= 0.3 is 69.3 Å². The van der Waals surface area contributed by atoms with E-state index in [9.17, 15) is 0 Å². The standard InChI is InChI=1S/C17H12S.C5H5.C2H6Si.2ClH.Zr/c1-2-5-13-10-15(9-8-12(13)4-1)17-11-14-6-3-7-16(14)18-17;1-2-4-5-3-1;1-3-2;;;/h1-11,14H;1-3H,4H2;1-2H3;2*1H;/q;;;;;+2/p-2. The molecule has 5 rings (SSSR count). The van der Waals surface area contributed by atoms with Crippen LogP contribution in [0.1, 0.15) is 12.0 Å². The fourth-order valence-corrected chi connectivity index (χ4v) is 12.0. The van der Waals surface area contributed by atoms with Crippen LogP contribution in [0.25, 0.3) is 15.7 Å². The van der Waals surface area contributed by atoms with Crippen LogP contribution in [-0.2, 0) is 22.4 Å². The van der Waals surface area contributed by atoms with Crippen LogP contribution in [0.3, 0.4) is 0 Å². The Morgan fingerprint density at radius 3 is 2.45 bits per heavy atom. The second-order valence-electron chi connectivity index (χ2n) is 7.12. The zero-order chi connectivity index (χ0) is 18.6. The van der Waals surface area contributed by atoms with Gasteiger partial charge in [-0.25, -0.2) is 0 Å². The van der Waals surface area contributed by atoms with Gasteiger partial charge in [0.1, 0.15) is 0 Å². The molecule has 0 aromatic heterocycles. The Labute approximate surface area is 203 Å². The Kier molecular flexibility index (Phi) is 9.98. The molecule has 2 aromatic carbocycles. The molecule has 5 heteroatoms. The van der Waals surface area contributed by atoms with Crippen molar-refractivity contribution >= 4 is 33.4 Å². The Hall–Kier alpha value is -0.570. The molecule has 3 aliphatic rings. The number of hydrogen-bond donors (Lipinski definition) is 0. The van der Waals surface area contributed by atoms with E-state index in [1.165, 1.54) is 32.6 Å². The number of benzene rings is 2. The number of allylic oxidation sites excluding steroid dienone is 9. The van der Waals surface area contributed by atoms with Gasteiger partial charge in [0.05, 0.1) is 0 Å². The van der Waals surface area contributed by atoms with Crippen LogP contribution in [0, 0.1) is 5.92 Å². The van der Waals surface area contributed by atoms with Crippen molar-refractivity contribution in [3.8, 4) is 0 Å². The minimum atomic E-state index is -0.0345. The van der Waals surface area contributed by atoms with Gasteiger partial charge in [-0.3, -0.25) is 0 Å². The molecule has 0 saturated carbocycles. The van der Waals surface area contributed by atoms with Crippen molar-refractivity contribution in [1.82, 2.24) is 0 Å². The van der Waals surface area contributed by atoms with Gasteiger partial charge in [0.15, 0.2) is 0 Å². The Morgan fingerprint density at radius 1 is 0.966 bits per heavy atom. The van der Waals surface area contributed by atoms with Crippen LogP contribution in [0.4, 0.5) is 0 Å². The molecule has 1 radical (unpaired) electrons. The topological polar surface area (TPSA) is 0 Å². The van der Waals surface area contributed by atoms with Gasteiger partial charge in [0.2, 0.25) is 0 Å². The third-order valence-corrected chi connectivity index (χ3v) is 13.7. The molecule has 1 unspecified atom stereocenters. The Bertz CT molecular complexity index is 1000. The van der Waals surface area contributed by atoms with E-state index in [2.05, 4.69) is 98.1 Å². The van der Waals surface area contributed by atoms with E-state index in [4.69, 9.17) is 0 Å². The van der Waals surface area contributed by atoms with E-state index in [-0.39, 0.29) is 53.1 Å². The summed E-state index contributed by atoms with van der Waals surface area (Å²) in [4.78, 5) is 2.85. The first-order valence-corrected chi connectivity index (χ1v) is 17.6. The molecule has 0 bridgehead atoms. The van der Waals surface area contributed by atoms with Gasteiger partial charge in [-0.1, -0.05) is 72.5 Å². The predicted octanol–water partition coefficient (Wildman–Crippen LogP) is 1.17. The molecular formula is C24H23Cl2SSiZr. The maximum Gasteiger partial charge on any atom is -1.00 e. The summed E-state index contributed by atoms with van der Waals surface area (Å²) < 4.78 is 1.80. The molecule has 0 spiro atoms. The quantitative estimate of drug-likeness (QED) is 0.534. The van der Waals surface area contributed by atoms with Crippen molar-refractivity contribution < 1.29 is 47.2 Å². The Balaban J connectivity index is 0.000000236. The van der Waals surface area contributed by atoms with Crippen molar-refractivity contribution in [1.29, 1.82) is 0 Å². The maximum absolute atomic E-state index is 2.44. The zero-order valence-corrected chi connectivity index (χ0v) is 22.3. The third-order valence-electron chi connectivity index (χ3n) is 4.68. The average molecular weight is 534 g/mol. The normalized spacial score (nSPS) is 18.0. The van der Waals surface area contributed by atoms with Crippen molar-refractivity contribution in [2.24, 2.45) is 5.92 Å². The van der Waals surface area contributed by atoms with Gasteiger partial charge in [0, 0.05) is 15.7 Å². The molecule has 147 valence electrons. The molecule has 1 atom stereocenters. The van der Waals surface area contributed by atoms with Crippen LogP contribution >= 0.6 is 11.8 Å². The van der Waals surface area contributed by atoms with Crippen LogP contribution in [0.15, 0.2) is 93.2 Å². The van der Waals surface area contributed by atoms with Crippen LogP contribution < -0.4 is 24.8 Å². The molecule has 2 aromatic rings. The molecule has 2 aliphatic carbocycles.